The lowest BCUT2D eigenvalue weighted by Crippen LogP contribution is -2.22. The fourth-order valence-electron chi connectivity index (χ4n) is 2.57. The van der Waals surface area contributed by atoms with Gasteiger partial charge in [-0.15, -0.1) is 11.3 Å². The number of ketones is 1. The highest BCUT2D eigenvalue weighted by atomic mass is 35.5. The lowest BCUT2D eigenvalue weighted by molar-refractivity contribution is 0.0913. The average molecular weight is 277 g/mol. The van der Waals surface area contributed by atoms with Gasteiger partial charge in [0.25, 0.3) is 0 Å². The van der Waals surface area contributed by atoms with E-state index in [9.17, 15) is 4.79 Å². The van der Waals surface area contributed by atoms with Gasteiger partial charge in [-0.25, -0.2) is 0 Å². The molecular weight excluding hydrogens is 264 g/mol. The highest BCUT2D eigenvalue weighted by Gasteiger charge is 2.26. The Morgan fingerprint density at radius 3 is 2.67 bits per heavy atom. The Labute approximate surface area is 115 Å². The fraction of sp³-hybridized carbons (Fsp3) is 0.267. The van der Waals surface area contributed by atoms with Gasteiger partial charge < -0.3 is 0 Å². The largest absolute Gasteiger partial charge is 0.293 e. The molecule has 92 valence electrons. The first-order chi connectivity index (χ1) is 8.74. The van der Waals surface area contributed by atoms with Crippen molar-refractivity contribution in [2.45, 2.75) is 19.3 Å². The predicted molar refractivity (Wildman–Crippen MR) is 75.6 cm³/mol. The van der Waals surface area contributed by atoms with Crippen molar-refractivity contribution in [2.75, 3.05) is 0 Å². The van der Waals surface area contributed by atoms with Gasteiger partial charge in [-0.1, -0.05) is 35.9 Å². The molecule has 0 fully saturated rings. The highest BCUT2D eigenvalue weighted by molar-refractivity contribution is 7.18. The van der Waals surface area contributed by atoms with Crippen LogP contribution < -0.4 is 0 Å². The van der Waals surface area contributed by atoms with E-state index < -0.39 is 0 Å². The van der Waals surface area contributed by atoms with Crippen LogP contribution in [0.1, 0.15) is 27.2 Å². The van der Waals surface area contributed by atoms with E-state index in [2.05, 4.69) is 18.2 Å². The number of benzene rings is 1. The number of carbonyl (C=O) groups is 1. The Kier molecular flexibility index (Phi) is 3.23. The summed E-state index contributed by atoms with van der Waals surface area (Å²) in [5, 5.41) is 0. The van der Waals surface area contributed by atoms with Crippen LogP contribution in [0.25, 0.3) is 0 Å². The third kappa shape index (κ3) is 2.23. The van der Waals surface area contributed by atoms with Crippen molar-refractivity contribution in [3.63, 3.8) is 0 Å². The molecule has 0 aliphatic heterocycles. The van der Waals surface area contributed by atoms with Crippen molar-refractivity contribution in [3.05, 3.63) is 56.7 Å². The van der Waals surface area contributed by atoms with Crippen LogP contribution in [0.4, 0.5) is 0 Å². The molecule has 3 rings (SSSR count). The zero-order chi connectivity index (χ0) is 12.5. The molecule has 1 aromatic carbocycles. The maximum Gasteiger partial charge on any atom is 0.176 e. The number of rotatable bonds is 2. The third-order valence-corrected chi connectivity index (χ3v) is 4.78. The zero-order valence-corrected chi connectivity index (χ0v) is 11.4. The molecule has 0 bridgehead atoms. The summed E-state index contributed by atoms with van der Waals surface area (Å²) >= 11 is 7.28. The van der Waals surface area contributed by atoms with E-state index >= 15 is 0 Å². The van der Waals surface area contributed by atoms with Gasteiger partial charge in [-0.3, -0.25) is 4.79 Å². The van der Waals surface area contributed by atoms with E-state index in [0.717, 1.165) is 24.1 Å². The molecule has 3 heteroatoms. The Bertz CT molecular complexity index is 588. The molecule has 0 spiro atoms. The molecule has 0 N–H and O–H groups in total. The monoisotopic (exact) mass is 276 g/mol. The maximum absolute atomic E-state index is 12.4. The van der Waals surface area contributed by atoms with Gasteiger partial charge in [0.2, 0.25) is 0 Å². The van der Waals surface area contributed by atoms with Crippen LogP contribution in [-0.2, 0) is 12.8 Å². The summed E-state index contributed by atoms with van der Waals surface area (Å²) in [6.45, 7) is 0. The maximum atomic E-state index is 12.4. The molecule has 1 nitrogen and oxygen atoms in total. The molecule has 0 radical (unpaired) electrons. The summed E-state index contributed by atoms with van der Waals surface area (Å²) in [6.07, 6.45) is 2.82. The lowest BCUT2D eigenvalue weighted by Gasteiger charge is -2.23. The first-order valence-electron chi connectivity index (χ1n) is 6.10. The van der Waals surface area contributed by atoms with Crippen LogP contribution >= 0.6 is 22.9 Å². The zero-order valence-electron chi connectivity index (χ0n) is 9.86. The standard InChI is InChI=1S/C15H13ClOS/c16-14-8-7-13(18-14)15(17)12-6-5-10-3-1-2-4-11(10)9-12/h1-4,7-8,12H,5-6,9H2. The van der Waals surface area contributed by atoms with E-state index in [0.29, 0.717) is 4.34 Å². The van der Waals surface area contributed by atoms with Gasteiger partial charge in [0.15, 0.2) is 5.78 Å². The minimum Gasteiger partial charge on any atom is -0.293 e. The molecule has 1 aliphatic rings. The number of halogens is 1. The minimum absolute atomic E-state index is 0.120. The third-order valence-electron chi connectivity index (χ3n) is 3.53. The fourth-order valence-corrected chi connectivity index (χ4v) is 3.63. The van der Waals surface area contributed by atoms with Crippen molar-refractivity contribution in [1.29, 1.82) is 0 Å². The second kappa shape index (κ2) is 4.87. The quantitative estimate of drug-likeness (QED) is 0.744. The molecule has 0 saturated carbocycles. The Morgan fingerprint density at radius 2 is 1.94 bits per heavy atom. The number of thiophene rings is 1. The first kappa shape index (κ1) is 11.9. The van der Waals surface area contributed by atoms with E-state index in [1.165, 1.54) is 22.5 Å². The Morgan fingerprint density at radius 1 is 1.17 bits per heavy atom. The van der Waals surface area contributed by atoms with Crippen molar-refractivity contribution in [1.82, 2.24) is 0 Å². The van der Waals surface area contributed by atoms with Crippen LogP contribution in [0.15, 0.2) is 36.4 Å². The van der Waals surface area contributed by atoms with E-state index in [4.69, 9.17) is 11.6 Å². The molecule has 1 aliphatic carbocycles. The smallest absolute Gasteiger partial charge is 0.176 e. The average Bonchev–Trinajstić information content (AvgIpc) is 2.84. The molecule has 0 saturated heterocycles. The topological polar surface area (TPSA) is 17.1 Å². The number of Topliss-reactive ketones (excluding diaryl/α,β-unsaturated/α-hetero) is 1. The summed E-state index contributed by atoms with van der Waals surface area (Å²) in [6, 6.07) is 12.1. The summed E-state index contributed by atoms with van der Waals surface area (Å²) < 4.78 is 0.689. The summed E-state index contributed by atoms with van der Waals surface area (Å²) in [7, 11) is 0. The molecule has 1 unspecified atom stereocenters. The van der Waals surface area contributed by atoms with Gasteiger partial charge in [0.05, 0.1) is 9.21 Å². The predicted octanol–water partition coefficient (Wildman–Crippen LogP) is 4.39. The second-order valence-corrected chi connectivity index (χ2v) is 6.39. The van der Waals surface area contributed by atoms with Crippen LogP contribution in [0.2, 0.25) is 4.34 Å². The number of hydrogen-bond donors (Lipinski definition) is 0. The number of aryl methyl sites for hydroxylation is 1. The number of hydrogen-bond acceptors (Lipinski definition) is 2. The van der Waals surface area contributed by atoms with Crippen LogP contribution in [0.3, 0.4) is 0 Å². The molecule has 1 heterocycles. The normalized spacial score (nSPS) is 18.4. The molecule has 0 amide bonds. The molecule has 2 aromatic rings. The van der Waals surface area contributed by atoms with Gasteiger partial charge in [0.1, 0.15) is 0 Å². The van der Waals surface area contributed by atoms with Crippen molar-refractivity contribution in [3.8, 4) is 0 Å². The number of carbonyl (C=O) groups excluding carboxylic acids is 1. The van der Waals surface area contributed by atoms with E-state index in [1.54, 1.807) is 6.07 Å². The summed E-state index contributed by atoms with van der Waals surface area (Å²) in [5.41, 5.74) is 2.72. The molecule has 18 heavy (non-hydrogen) atoms. The van der Waals surface area contributed by atoms with Crippen LogP contribution in [0, 0.1) is 5.92 Å². The number of fused-ring (bicyclic) bond motifs is 1. The highest BCUT2D eigenvalue weighted by Crippen LogP contribution is 2.30. The van der Waals surface area contributed by atoms with Gasteiger partial charge >= 0.3 is 0 Å². The van der Waals surface area contributed by atoms with Gasteiger partial charge in [-0.2, -0.15) is 0 Å². The van der Waals surface area contributed by atoms with Crippen molar-refractivity contribution < 1.29 is 4.79 Å². The first-order valence-corrected chi connectivity index (χ1v) is 7.30. The van der Waals surface area contributed by atoms with Crippen molar-refractivity contribution in [2.24, 2.45) is 5.92 Å². The van der Waals surface area contributed by atoms with Crippen molar-refractivity contribution >= 4 is 28.7 Å². The lowest BCUT2D eigenvalue weighted by atomic mass is 9.81. The molecule has 1 aromatic heterocycles. The summed E-state index contributed by atoms with van der Waals surface area (Å²) in [5.74, 6) is 0.371. The summed E-state index contributed by atoms with van der Waals surface area (Å²) in [4.78, 5) is 13.2. The Hall–Kier alpha value is -1.12. The van der Waals surface area contributed by atoms with Gasteiger partial charge in [0, 0.05) is 5.92 Å². The van der Waals surface area contributed by atoms with E-state index in [1.807, 2.05) is 12.1 Å². The molecule has 1 atom stereocenters. The SMILES string of the molecule is O=C(c1ccc(Cl)s1)C1CCc2ccccc2C1. The van der Waals surface area contributed by atoms with Gasteiger partial charge in [-0.05, 0) is 42.5 Å². The Balaban J connectivity index is 1.82. The van der Waals surface area contributed by atoms with Crippen LogP contribution in [0.5, 0.6) is 0 Å². The molecular formula is C15H13ClOS. The second-order valence-electron chi connectivity index (χ2n) is 4.68. The minimum atomic E-state index is 0.120. The van der Waals surface area contributed by atoms with Crippen LogP contribution in [-0.4, -0.2) is 5.78 Å². The van der Waals surface area contributed by atoms with E-state index in [-0.39, 0.29) is 11.7 Å².